The van der Waals surface area contributed by atoms with Crippen molar-refractivity contribution in [2.45, 2.75) is 50.1 Å². The molecular weight excluding hydrogens is 337 g/mol. The summed E-state index contributed by atoms with van der Waals surface area (Å²) >= 11 is 6.09. The van der Waals surface area contributed by atoms with E-state index in [4.69, 9.17) is 17.3 Å². The summed E-state index contributed by atoms with van der Waals surface area (Å²) in [5.41, 5.74) is 6.27. The molecule has 0 unspecified atom stereocenters. The third kappa shape index (κ3) is 4.16. The van der Waals surface area contributed by atoms with E-state index in [2.05, 4.69) is 10.6 Å². The summed E-state index contributed by atoms with van der Waals surface area (Å²) in [4.78, 5) is 24.5. The van der Waals surface area contributed by atoms with Gasteiger partial charge in [0.05, 0.1) is 16.1 Å². The Hall–Kier alpha value is -1.30. The van der Waals surface area contributed by atoms with E-state index in [1.807, 2.05) is 0 Å². The van der Waals surface area contributed by atoms with Gasteiger partial charge in [0.2, 0.25) is 5.91 Å². The van der Waals surface area contributed by atoms with Gasteiger partial charge in [-0.05, 0) is 43.9 Å². The fraction of sp³-hybridized carbons (Fsp3) is 0.500. The summed E-state index contributed by atoms with van der Waals surface area (Å²) in [5, 5.41) is 6.08. The largest absolute Gasteiger partial charge is 0.349 e. The Bertz CT molecular complexity index is 611. The van der Waals surface area contributed by atoms with Crippen molar-refractivity contribution in [2.24, 2.45) is 5.73 Å². The first-order valence-corrected chi connectivity index (χ1v) is 8.06. The summed E-state index contributed by atoms with van der Waals surface area (Å²) in [5.74, 6) is -0.396. The average Bonchev–Trinajstić information content (AvgIpc) is 3.18. The molecule has 0 heterocycles. The smallest absolute Gasteiger partial charge is 0.253 e. The van der Waals surface area contributed by atoms with E-state index in [9.17, 15) is 9.59 Å². The van der Waals surface area contributed by atoms with Gasteiger partial charge >= 0.3 is 0 Å². The molecule has 2 aliphatic carbocycles. The molecule has 0 saturated heterocycles. The van der Waals surface area contributed by atoms with E-state index in [1.165, 1.54) is 0 Å². The molecule has 0 spiro atoms. The maximum atomic E-state index is 12.3. The number of hydrogen-bond acceptors (Lipinski definition) is 3. The molecule has 2 saturated carbocycles. The standard InChI is InChI=1S/C16H20ClN3O2.ClH/c17-13-6-5-11(9-12(13)14(21)19-10-3-4-10)20-15(22)16(18)7-1-2-8-16;/h5-6,9-10H,1-4,7-8,18H2,(H,19,21)(H,20,22);1H. The van der Waals surface area contributed by atoms with Crippen molar-refractivity contribution in [1.29, 1.82) is 0 Å². The third-order valence-corrected chi connectivity index (χ3v) is 4.66. The van der Waals surface area contributed by atoms with Crippen LogP contribution in [0.15, 0.2) is 18.2 Å². The number of nitrogens with two attached hydrogens (primary N) is 1. The van der Waals surface area contributed by atoms with Gasteiger partial charge in [0.15, 0.2) is 0 Å². The van der Waals surface area contributed by atoms with Gasteiger partial charge in [-0.15, -0.1) is 12.4 Å². The summed E-state index contributed by atoms with van der Waals surface area (Å²) in [7, 11) is 0. The highest BCUT2D eigenvalue weighted by Gasteiger charge is 2.37. The first-order valence-electron chi connectivity index (χ1n) is 7.69. The molecule has 5 nitrogen and oxygen atoms in total. The second kappa shape index (κ2) is 7.07. The predicted octanol–water partition coefficient (Wildman–Crippen LogP) is 2.86. The fourth-order valence-electron chi connectivity index (χ4n) is 2.76. The number of carbonyl (C=O) groups excluding carboxylic acids is 2. The van der Waals surface area contributed by atoms with Crippen LogP contribution in [0, 0.1) is 0 Å². The lowest BCUT2D eigenvalue weighted by atomic mass is 9.98. The van der Waals surface area contributed by atoms with Crippen LogP contribution in [0.3, 0.4) is 0 Å². The van der Waals surface area contributed by atoms with Crippen molar-refractivity contribution in [3.63, 3.8) is 0 Å². The number of benzene rings is 1. The van der Waals surface area contributed by atoms with Gasteiger partial charge in [-0.25, -0.2) is 0 Å². The van der Waals surface area contributed by atoms with Gasteiger partial charge in [-0.1, -0.05) is 24.4 Å². The van der Waals surface area contributed by atoms with E-state index in [-0.39, 0.29) is 30.3 Å². The number of rotatable bonds is 4. The highest BCUT2D eigenvalue weighted by atomic mass is 35.5. The molecule has 126 valence electrons. The molecule has 23 heavy (non-hydrogen) atoms. The predicted molar refractivity (Wildman–Crippen MR) is 93.2 cm³/mol. The van der Waals surface area contributed by atoms with Crippen molar-refractivity contribution < 1.29 is 9.59 Å². The van der Waals surface area contributed by atoms with Crippen molar-refractivity contribution >= 4 is 41.5 Å². The van der Waals surface area contributed by atoms with Crippen LogP contribution in [0.2, 0.25) is 5.02 Å². The monoisotopic (exact) mass is 357 g/mol. The Balaban J connectivity index is 0.00000192. The van der Waals surface area contributed by atoms with Crippen LogP contribution in [0.5, 0.6) is 0 Å². The summed E-state index contributed by atoms with van der Waals surface area (Å²) in [6.07, 6.45) is 5.35. The third-order valence-electron chi connectivity index (χ3n) is 4.33. The zero-order valence-electron chi connectivity index (χ0n) is 12.7. The number of hydrogen-bond donors (Lipinski definition) is 3. The zero-order chi connectivity index (χ0) is 15.7. The van der Waals surface area contributed by atoms with Crippen LogP contribution >= 0.6 is 24.0 Å². The Morgan fingerprint density at radius 1 is 1.22 bits per heavy atom. The molecule has 7 heteroatoms. The van der Waals surface area contributed by atoms with Crippen LogP contribution < -0.4 is 16.4 Å². The van der Waals surface area contributed by atoms with E-state index in [0.29, 0.717) is 29.1 Å². The molecular formula is C16H21Cl2N3O2. The first-order chi connectivity index (χ1) is 10.5. The number of carbonyl (C=O) groups is 2. The SMILES string of the molecule is Cl.NC1(C(=O)Nc2ccc(Cl)c(C(=O)NC3CC3)c2)CCCC1. The van der Waals surface area contributed by atoms with E-state index >= 15 is 0 Å². The Morgan fingerprint density at radius 2 is 1.87 bits per heavy atom. The van der Waals surface area contributed by atoms with Crippen LogP contribution in [0.25, 0.3) is 0 Å². The lowest BCUT2D eigenvalue weighted by molar-refractivity contribution is -0.121. The van der Waals surface area contributed by atoms with Crippen LogP contribution in [-0.2, 0) is 4.79 Å². The van der Waals surface area contributed by atoms with Crippen LogP contribution in [-0.4, -0.2) is 23.4 Å². The first kappa shape index (κ1) is 18.0. The highest BCUT2D eigenvalue weighted by molar-refractivity contribution is 6.34. The molecule has 2 amide bonds. The van der Waals surface area contributed by atoms with Crippen LogP contribution in [0.4, 0.5) is 5.69 Å². The lowest BCUT2D eigenvalue weighted by Crippen LogP contribution is -2.48. The molecule has 0 aliphatic heterocycles. The van der Waals surface area contributed by atoms with Gasteiger partial charge in [0.25, 0.3) is 5.91 Å². The normalized spacial score (nSPS) is 18.9. The van der Waals surface area contributed by atoms with Gasteiger partial charge in [-0.3, -0.25) is 9.59 Å². The average molecular weight is 358 g/mol. The lowest BCUT2D eigenvalue weighted by Gasteiger charge is -2.22. The second-order valence-electron chi connectivity index (χ2n) is 6.26. The maximum absolute atomic E-state index is 12.3. The van der Waals surface area contributed by atoms with Gasteiger partial charge in [-0.2, -0.15) is 0 Å². The molecule has 1 aromatic rings. The van der Waals surface area contributed by atoms with Gasteiger partial charge in [0.1, 0.15) is 0 Å². The molecule has 2 fully saturated rings. The highest BCUT2D eigenvalue weighted by Crippen LogP contribution is 2.29. The number of anilines is 1. The van der Waals surface area contributed by atoms with Crippen molar-refractivity contribution in [1.82, 2.24) is 5.32 Å². The van der Waals surface area contributed by atoms with Crippen molar-refractivity contribution in [2.75, 3.05) is 5.32 Å². The molecule has 3 rings (SSSR count). The number of amides is 2. The molecule has 4 N–H and O–H groups in total. The molecule has 0 aromatic heterocycles. The van der Waals surface area contributed by atoms with Gasteiger partial charge in [0, 0.05) is 11.7 Å². The molecule has 0 bridgehead atoms. The molecule has 0 radical (unpaired) electrons. The molecule has 2 aliphatic rings. The van der Waals surface area contributed by atoms with Crippen molar-refractivity contribution in [3.8, 4) is 0 Å². The number of halogens is 2. The summed E-state index contributed by atoms with van der Waals surface area (Å²) < 4.78 is 0. The Morgan fingerprint density at radius 3 is 2.48 bits per heavy atom. The quantitative estimate of drug-likeness (QED) is 0.774. The minimum atomic E-state index is -0.796. The van der Waals surface area contributed by atoms with Crippen LogP contribution in [0.1, 0.15) is 48.9 Å². The Kier molecular flexibility index (Phi) is 5.55. The Labute approximate surface area is 146 Å². The van der Waals surface area contributed by atoms with Gasteiger partial charge < -0.3 is 16.4 Å². The van der Waals surface area contributed by atoms with E-state index in [1.54, 1.807) is 18.2 Å². The fourth-order valence-corrected chi connectivity index (χ4v) is 2.96. The second-order valence-corrected chi connectivity index (χ2v) is 6.67. The molecule has 0 atom stereocenters. The van der Waals surface area contributed by atoms with E-state index < -0.39 is 5.54 Å². The number of nitrogens with one attached hydrogen (secondary N) is 2. The molecule has 1 aromatic carbocycles. The zero-order valence-corrected chi connectivity index (χ0v) is 14.3. The summed E-state index contributed by atoms with van der Waals surface area (Å²) in [6, 6.07) is 5.17. The summed E-state index contributed by atoms with van der Waals surface area (Å²) in [6.45, 7) is 0. The topological polar surface area (TPSA) is 84.2 Å². The maximum Gasteiger partial charge on any atom is 0.253 e. The van der Waals surface area contributed by atoms with Crippen molar-refractivity contribution in [3.05, 3.63) is 28.8 Å². The minimum Gasteiger partial charge on any atom is -0.349 e. The minimum absolute atomic E-state index is 0. The van der Waals surface area contributed by atoms with E-state index in [0.717, 1.165) is 25.7 Å².